The summed E-state index contributed by atoms with van der Waals surface area (Å²) in [7, 11) is 0. The van der Waals surface area contributed by atoms with Crippen LogP contribution in [-0.4, -0.2) is 25.1 Å². The molecule has 1 aromatic carbocycles. The normalized spacial score (nSPS) is 9.76. The Balaban J connectivity index is 2.64. The van der Waals surface area contributed by atoms with Crippen LogP contribution >= 0.6 is 15.9 Å². The van der Waals surface area contributed by atoms with Crippen LogP contribution in [0.3, 0.4) is 0 Å². The van der Waals surface area contributed by atoms with Crippen LogP contribution in [0.15, 0.2) is 22.7 Å². The van der Waals surface area contributed by atoms with Crippen molar-refractivity contribution in [3.63, 3.8) is 0 Å². The number of hydrogen-bond donors (Lipinski definition) is 1. The van der Waals surface area contributed by atoms with E-state index in [1.807, 2.05) is 0 Å². The van der Waals surface area contributed by atoms with Crippen LogP contribution in [-0.2, 0) is 9.53 Å². The van der Waals surface area contributed by atoms with E-state index in [-0.39, 0.29) is 24.7 Å². The van der Waals surface area contributed by atoms with Gasteiger partial charge in [0, 0.05) is 11.4 Å². The highest BCUT2D eigenvalue weighted by atomic mass is 79.9. The SMILES string of the molecule is CC(=O)OCCOc1ccc(Br)cc1C(N)=O. The first-order valence-electron chi connectivity index (χ1n) is 4.86. The summed E-state index contributed by atoms with van der Waals surface area (Å²) in [6.45, 7) is 1.61. The van der Waals surface area contributed by atoms with Crippen LogP contribution in [0.25, 0.3) is 0 Å². The number of hydrogen-bond acceptors (Lipinski definition) is 4. The summed E-state index contributed by atoms with van der Waals surface area (Å²) in [5.74, 6) is -0.582. The van der Waals surface area contributed by atoms with Crippen molar-refractivity contribution in [3.8, 4) is 5.75 Å². The van der Waals surface area contributed by atoms with Crippen LogP contribution in [0.4, 0.5) is 0 Å². The fraction of sp³-hybridized carbons (Fsp3) is 0.273. The van der Waals surface area contributed by atoms with Gasteiger partial charge in [0.05, 0.1) is 5.56 Å². The van der Waals surface area contributed by atoms with E-state index in [0.29, 0.717) is 5.75 Å². The number of primary amides is 1. The Hall–Kier alpha value is -1.56. The van der Waals surface area contributed by atoms with Crippen LogP contribution in [0.2, 0.25) is 0 Å². The van der Waals surface area contributed by atoms with Crippen molar-refractivity contribution in [2.75, 3.05) is 13.2 Å². The van der Waals surface area contributed by atoms with Gasteiger partial charge in [0.2, 0.25) is 0 Å². The second-order valence-corrected chi connectivity index (χ2v) is 4.11. The molecule has 0 aliphatic rings. The molecule has 0 spiro atoms. The van der Waals surface area contributed by atoms with Gasteiger partial charge in [-0.1, -0.05) is 15.9 Å². The van der Waals surface area contributed by atoms with Gasteiger partial charge in [0.25, 0.3) is 5.91 Å². The maximum Gasteiger partial charge on any atom is 0.302 e. The Morgan fingerprint density at radius 1 is 1.35 bits per heavy atom. The number of nitrogens with two attached hydrogens (primary N) is 1. The summed E-state index contributed by atoms with van der Waals surface area (Å²) >= 11 is 3.23. The molecule has 2 N–H and O–H groups in total. The van der Waals surface area contributed by atoms with E-state index >= 15 is 0 Å². The Bertz CT molecular complexity index is 433. The van der Waals surface area contributed by atoms with Crippen LogP contribution in [0, 0.1) is 0 Å². The number of benzene rings is 1. The minimum atomic E-state index is -0.575. The second-order valence-electron chi connectivity index (χ2n) is 3.19. The third-order valence-electron chi connectivity index (χ3n) is 1.85. The van der Waals surface area contributed by atoms with Gasteiger partial charge in [-0.3, -0.25) is 9.59 Å². The second kappa shape index (κ2) is 6.24. The maximum absolute atomic E-state index is 11.2. The number of halogens is 1. The molecule has 0 aromatic heterocycles. The van der Waals surface area contributed by atoms with Crippen LogP contribution < -0.4 is 10.5 Å². The van der Waals surface area contributed by atoms with E-state index in [4.69, 9.17) is 15.2 Å². The largest absolute Gasteiger partial charge is 0.489 e. The van der Waals surface area contributed by atoms with Gasteiger partial charge in [0.1, 0.15) is 19.0 Å². The van der Waals surface area contributed by atoms with E-state index in [1.165, 1.54) is 6.92 Å². The molecule has 1 rings (SSSR count). The van der Waals surface area contributed by atoms with Crippen molar-refractivity contribution >= 4 is 27.8 Å². The molecule has 0 aliphatic carbocycles. The summed E-state index contributed by atoms with van der Waals surface area (Å²) in [6.07, 6.45) is 0. The van der Waals surface area contributed by atoms with Crippen molar-refractivity contribution in [3.05, 3.63) is 28.2 Å². The summed E-state index contributed by atoms with van der Waals surface area (Å²) in [5.41, 5.74) is 5.49. The predicted molar refractivity (Wildman–Crippen MR) is 64.8 cm³/mol. The fourth-order valence-corrected chi connectivity index (χ4v) is 1.52. The fourth-order valence-electron chi connectivity index (χ4n) is 1.16. The lowest BCUT2D eigenvalue weighted by Gasteiger charge is -2.09. The minimum absolute atomic E-state index is 0.129. The van der Waals surface area contributed by atoms with Gasteiger partial charge in [-0.15, -0.1) is 0 Å². The van der Waals surface area contributed by atoms with E-state index in [2.05, 4.69) is 15.9 Å². The number of carbonyl (C=O) groups excluding carboxylic acids is 2. The molecule has 17 heavy (non-hydrogen) atoms. The molecule has 0 atom stereocenters. The summed E-state index contributed by atoms with van der Waals surface area (Å²) in [6, 6.07) is 4.93. The van der Waals surface area contributed by atoms with Crippen LogP contribution in [0.1, 0.15) is 17.3 Å². The van der Waals surface area contributed by atoms with E-state index < -0.39 is 5.91 Å². The molecule has 0 aliphatic heterocycles. The zero-order valence-corrected chi connectivity index (χ0v) is 10.8. The van der Waals surface area contributed by atoms with E-state index in [9.17, 15) is 9.59 Å². The lowest BCUT2D eigenvalue weighted by Crippen LogP contribution is -2.15. The number of ether oxygens (including phenoxy) is 2. The molecule has 6 heteroatoms. The van der Waals surface area contributed by atoms with Gasteiger partial charge in [-0.05, 0) is 18.2 Å². The Morgan fingerprint density at radius 3 is 2.65 bits per heavy atom. The molecule has 0 saturated heterocycles. The van der Waals surface area contributed by atoms with E-state index in [0.717, 1.165) is 4.47 Å². The molecule has 92 valence electrons. The molecular weight excluding hydrogens is 290 g/mol. The Labute approximate surface area is 107 Å². The molecule has 0 unspecified atom stereocenters. The molecule has 1 amide bonds. The number of rotatable bonds is 5. The molecule has 1 aromatic rings. The van der Waals surface area contributed by atoms with Crippen molar-refractivity contribution in [2.24, 2.45) is 5.73 Å². The summed E-state index contributed by atoms with van der Waals surface area (Å²) < 4.78 is 10.7. The molecule has 5 nitrogen and oxygen atoms in total. The number of carbonyl (C=O) groups is 2. The quantitative estimate of drug-likeness (QED) is 0.660. The Morgan fingerprint density at radius 2 is 2.06 bits per heavy atom. The third kappa shape index (κ3) is 4.44. The van der Waals surface area contributed by atoms with Gasteiger partial charge >= 0.3 is 5.97 Å². The monoisotopic (exact) mass is 301 g/mol. The highest BCUT2D eigenvalue weighted by Crippen LogP contribution is 2.22. The standard InChI is InChI=1S/C11H12BrNO4/c1-7(14)16-4-5-17-10-3-2-8(12)6-9(10)11(13)15/h2-3,6H,4-5H2,1H3,(H2,13,15). The van der Waals surface area contributed by atoms with Crippen LogP contribution in [0.5, 0.6) is 5.75 Å². The molecule has 0 radical (unpaired) electrons. The first kappa shape index (κ1) is 13.5. The van der Waals surface area contributed by atoms with Crippen molar-refractivity contribution in [1.82, 2.24) is 0 Å². The number of esters is 1. The molecule has 0 fully saturated rings. The zero-order chi connectivity index (χ0) is 12.8. The lowest BCUT2D eigenvalue weighted by molar-refractivity contribution is -0.141. The zero-order valence-electron chi connectivity index (χ0n) is 9.23. The predicted octanol–water partition coefficient (Wildman–Crippen LogP) is 1.49. The lowest BCUT2D eigenvalue weighted by atomic mass is 10.2. The third-order valence-corrected chi connectivity index (χ3v) is 2.35. The Kier molecular flexibility index (Phi) is 4.96. The average Bonchev–Trinajstić information content (AvgIpc) is 2.25. The minimum Gasteiger partial charge on any atom is -0.489 e. The molecule has 0 heterocycles. The smallest absolute Gasteiger partial charge is 0.302 e. The molecular formula is C11H12BrNO4. The summed E-state index contributed by atoms with van der Waals surface area (Å²) in [5, 5.41) is 0. The van der Waals surface area contributed by atoms with Gasteiger partial charge in [-0.2, -0.15) is 0 Å². The highest BCUT2D eigenvalue weighted by molar-refractivity contribution is 9.10. The molecule has 0 saturated carbocycles. The highest BCUT2D eigenvalue weighted by Gasteiger charge is 2.09. The van der Waals surface area contributed by atoms with Gasteiger partial charge < -0.3 is 15.2 Å². The maximum atomic E-state index is 11.2. The molecule has 0 bridgehead atoms. The number of amides is 1. The topological polar surface area (TPSA) is 78.6 Å². The van der Waals surface area contributed by atoms with E-state index in [1.54, 1.807) is 18.2 Å². The summed E-state index contributed by atoms with van der Waals surface area (Å²) in [4.78, 5) is 21.7. The first-order chi connectivity index (χ1) is 8.00. The van der Waals surface area contributed by atoms with Crippen molar-refractivity contribution in [1.29, 1.82) is 0 Å². The van der Waals surface area contributed by atoms with Crippen molar-refractivity contribution < 1.29 is 19.1 Å². The first-order valence-corrected chi connectivity index (χ1v) is 5.65. The average molecular weight is 302 g/mol. The van der Waals surface area contributed by atoms with Gasteiger partial charge in [0.15, 0.2) is 0 Å². The van der Waals surface area contributed by atoms with Gasteiger partial charge in [-0.25, -0.2) is 0 Å². The van der Waals surface area contributed by atoms with Crippen molar-refractivity contribution in [2.45, 2.75) is 6.92 Å².